The molecule has 8 nitrogen and oxygen atoms in total. The van der Waals surface area contributed by atoms with Crippen molar-refractivity contribution in [1.82, 2.24) is 20.4 Å². The fraction of sp³-hybridized carbons (Fsp3) is 0.593. The highest BCUT2D eigenvalue weighted by Gasteiger charge is 2.33. The van der Waals surface area contributed by atoms with E-state index in [1.807, 2.05) is 16.7 Å². The average Bonchev–Trinajstić information content (AvgIpc) is 2.92. The predicted molar refractivity (Wildman–Crippen MR) is 135 cm³/mol. The first-order valence-electron chi connectivity index (χ1n) is 13.2. The van der Waals surface area contributed by atoms with E-state index < -0.39 is 11.7 Å². The monoisotopic (exact) mass is 533 g/mol. The highest BCUT2D eigenvalue weighted by atomic mass is 19.4. The maximum absolute atomic E-state index is 13.4. The Labute approximate surface area is 220 Å². The van der Waals surface area contributed by atoms with E-state index in [0.29, 0.717) is 62.1 Å². The van der Waals surface area contributed by atoms with Crippen molar-refractivity contribution in [3.05, 3.63) is 52.3 Å². The summed E-state index contributed by atoms with van der Waals surface area (Å²) >= 11 is 0. The number of halogens is 3. The summed E-state index contributed by atoms with van der Waals surface area (Å²) in [4.78, 5) is 17.2. The van der Waals surface area contributed by atoms with Gasteiger partial charge in [-0.15, -0.1) is 5.10 Å². The van der Waals surface area contributed by atoms with Crippen molar-refractivity contribution < 1.29 is 27.4 Å². The molecule has 4 heterocycles. The zero-order valence-corrected chi connectivity index (χ0v) is 21.8. The highest BCUT2D eigenvalue weighted by Crippen LogP contribution is 2.34. The molecular weight excluding hydrogens is 499 g/mol. The first-order valence-corrected chi connectivity index (χ1v) is 13.2. The Kier molecular flexibility index (Phi) is 7.88. The number of nitrogens with zero attached hydrogens (tertiary/aromatic N) is 4. The molecule has 1 amide bonds. The molecule has 2 aromatic rings. The number of alkyl halides is 3. The van der Waals surface area contributed by atoms with Crippen LogP contribution in [0.15, 0.2) is 24.4 Å². The second kappa shape index (κ2) is 11.2. The van der Waals surface area contributed by atoms with Crippen molar-refractivity contribution >= 4 is 11.6 Å². The standard InChI is InChI=1S/C27H34F3N5O3/c1-17-23(35-9-5-18-3-4-20(27(28,29)30)13-19(18)15-35)14-31-33-25(17)26(36)34-10-6-21(7-11-34)32-22-8-12-38-16-24(22)37-2/h3-4,13-14,21-22,24,32H,5-12,15-16H2,1-2H3. The van der Waals surface area contributed by atoms with E-state index in [2.05, 4.69) is 15.5 Å². The van der Waals surface area contributed by atoms with E-state index >= 15 is 0 Å². The van der Waals surface area contributed by atoms with Gasteiger partial charge in [0.2, 0.25) is 0 Å². The molecule has 3 aliphatic heterocycles. The number of piperidine rings is 1. The van der Waals surface area contributed by atoms with Gasteiger partial charge in [-0.05, 0) is 55.9 Å². The van der Waals surface area contributed by atoms with E-state index in [9.17, 15) is 18.0 Å². The van der Waals surface area contributed by atoms with Crippen LogP contribution in [0.5, 0.6) is 0 Å². The highest BCUT2D eigenvalue weighted by molar-refractivity contribution is 5.95. The van der Waals surface area contributed by atoms with Gasteiger partial charge in [0.25, 0.3) is 5.91 Å². The van der Waals surface area contributed by atoms with E-state index in [0.717, 1.165) is 43.2 Å². The molecule has 2 unspecified atom stereocenters. The van der Waals surface area contributed by atoms with Crippen LogP contribution in [-0.2, 0) is 28.6 Å². The number of nitrogens with one attached hydrogen (secondary N) is 1. The zero-order valence-electron chi connectivity index (χ0n) is 21.8. The summed E-state index contributed by atoms with van der Waals surface area (Å²) in [5, 5.41) is 12.0. The summed E-state index contributed by atoms with van der Waals surface area (Å²) in [7, 11) is 1.70. The molecule has 0 bridgehead atoms. The van der Waals surface area contributed by atoms with Crippen LogP contribution in [0.3, 0.4) is 0 Å². The van der Waals surface area contributed by atoms with Crippen LogP contribution < -0.4 is 10.2 Å². The zero-order chi connectivity index (χ0) is 26.9. The van der Waals surface area contributed by atoms with Gasteiger partial charge in [0.15, 0.2) is 5.69 Å². The summed E-state index contributed by atoms with van der Waals surface area (Å²) < 4.78 is 50.8. The molecule has 2 saturated heterocycles. The molecule has 1 N–H and O–H groups in total. The summed E-state index contributed by atoms with van der Waals surface area (Å²) in [5.41, 5.74) is 2.64. The molecule has 0 radical (unpaired) electrons. The fourth-order valence-electron chi connectivity index (χ4n) is 5.73. The number of ether oxygens (including phenoxy) is 2. The van der Waals surface area contributed by atoms with Crippen LogP contribution >= 0.6 is 0 Å². The van der Waals surface area contributed by atoms with Crippen LogP contribution in [0.2, 0.25) is 0 Å². The third-order valence-electron chi connectivity index (χ3n) is 8.01. The normalized spacial score (nSPS) is 22.9. The van der Waals surface area contributed by atoms with Crippen molar-refractivity contribution in [2.24, 2.45) is 0 Å². The minimum atomic E-state index is -4.38. The Morgan fingerprint density at radius 1 is 1.16 bits per heavy atom. The van der Waals surface area contributed by atoms with Crippen molar-refractivity contribution in [3.8, 4) is 0 Å². The lowest BCUT2D eigenvalue weighted by Gasteiger charge is -2.38. The largest absolute Gasteiger partial charge is 0.416 e. The number of hydrogen-bond donors (Lipinski definition) is 1. The predicted octanol–water partition coefficient (Wildman–Crippen LogP) is 3.36. The molecule has 38 heavy (non-hydrogen) atoms. The van der Waals surface area contributed by atoms with E-state index in [1.54, 1.807) is 19.4 Å². The van der Waals surface area contributed by atoms with Gasteiger partial charge in [-0.3, -0.25) is 4.79 Å². The minimum absolute atomic E-state index is 0.0332. The lowest BCUT2D eigenvalue weighted by molar-refractivity contribution is -0.137. The van der Waals surface area contributed by atoms with E-state index in [1.165, 1.54) is 6.07 Å². The van der Waals surface area contributed by atoms with Crippen LogP contribution in [0.4, 0.5) is 18.9 Å². The molecule has 1 aromatic heterocycles. The van der Waals surface area contributed by atoms with Gasteiger partial charge in [-0.25, -0.2) is 0 Å². The van der Waals surface area contributed by atoms with E-state index in [-0.39, 0.29) is 18.1 Å². The fourth-order valence-corrected chi connectivity index (χ4v) is 5.73. The number of fused-ring (bicyclic) bond motifs is 1. The Balaban J connectivity index is 1.24. The third kappa shape index (κ3) is 5.64. The Bertz CT molecular complexity index is 1150. The quantitative estimate of drug-likeness (QED) is 0.632. The second-order valence-corrected chi connectivity index (χ2v) is 10.3. The number of carbonyl (C=O) groups is 1. The SMILES string of the molecule is COC1COCCC1NC1CCN(C(=O)c2nncc(N3CCc4ccc(C(F)(F)F)cc4C3)c2C)CC1. The molecule has 1 aromatic carbocycles. The number of amides is 1. The van der Waals surface area contributed by atoms with Gasteiger partial charge in [0.1, 0.15) is 0 Å². The van der Waals surface area contributed by atoms with Crippen LogP contribution in [0.25, 0.3) is 0 Å². The summed E-state index contributed by atoms with van der Waals surface area (Å²) in [6.45, 7) is 5.32. The molecule has 206 valence electrons. The van der Waals surface area contributed by atoms with Crippen molar-refractivity contribution in [2.75, 3.05) is 44.9 Å². The number of aromatic nitrogens is 2. The first kappa shape index (κ1) is 26.8. The summed E-state index contributed by atoms with van der Waals surface area (Å²) in [6, 6.07) is 4.48. The molecule has 0 spiro atoms. The number of hydrogen-bond acceptors (Lipinski definition) is 7. The van der Waals surface area contributed by atoms with Crippen LogP contribution in [0, 0.1) is 6.92 Å². The maximum Gasteiger partial charge on any atom is 0.416 e. The first-order chi connectivity index (χ1) is 18.2. The number of likely N-dealkylation sites (tertiary alicyclic amines) is 1. The number of benzene rings is 1. The topological polar surface area (TPSA) is 79.8 Å². The lowest BCUT2D eigenvalue weighted by Crippen LogP contribution is -2.54. The molecule has 3 aliphatic rings. The van der Waals surface area contributed by atoms with Gasteiger partial charge >= 0.3 is 6.18 Å². The molecule has 2 atom stereocenters. The molecule has 0 aliphatic carbocycles. The number of methoxy groups -OCH3 is 1. The van der Waals surface area contributed by atoms with E-state index in [4.69, 9.17) is 9.47 Å². The maximum atomic E-state index is 13.4. The van der Waals surface area contributed by atoms with Crippen molar-refractivity contribution in [3.63, 3.8) is 0 Å². The number of carbonyl (C=O) groups excluding carboxylic acids is 1. The second-order valence-electron chi connectivity index (χ2n) is 10.3. The molecule has 0 saturated carbocycles. The van der Waals surface area contributed by atoms with Gasteiger partial charge in [0, 0.05) is 57.5 Å². The van der Waals surface area contributed by atoms with Gasteiger partial charge in [-0.2, -0.15) is 18.3 Å². The van der Waals surface area contributed by atoms with Crippen molar-refractivity contribution in [2.45, 2.75) is 63.5 Å². The Morgan fingerprint density at radius 3 is 2.68 bits per heavy atom. The molecule has 5 rings (SSSR count). The molecule has 11 heteroatoms. The van der Waals surface area contributed by atoms with Gasteiger partial charge in [-0.1, -0.05) is 6.07 Å². The summed E-state index contributed by atoms with van der Waals surface area (Å²) in [6.07, 6.45) is 0.427. The lowest BCUT2D eigenvalue weighted by atomic mass is 9.96. The smallest absolute Gasteiger partial charge is 0.379 e. The molecule has 2 fully saturated rings. The number of rotatable bonds is 5. The van der Waals surface area contributed by atoms with Gasteiger partial charge < -0.3 is 24.6 Å². The Hall–Kier alpha value is -2.76. The van der Waals surface area contributed by atoms with Gasteiger partial charge in [0.05, 0.1) is 30.2 Å². The minimum Gasteiger partial charge on any atom is -0.379 e. The van der Waals surface area contributed by atoms with Crippen LogP contribution in [0.1, 0.15) is 52.0 Å². The summed E-state index contributed by atoms with van der Waals surface area (Å²) in [5.74, 6) is -0.159. The average molecular weight is 534 g/mol. The Morgan fingerprint density at radius 2 is 1.95 bits per heavy atom. The number of anilines is 1. The molecular formula is C27H34F3N5O3. The van der Waals surface area contributed by atoms with Crippen LogP contribution in [-0.4, -0.2) is 79.1 Å². The third-order valence-corrected chi connectivity index (χ3v) is 8.01. The van der Waals surface area contributed by atoms with Crippen molar-refractivity contribution in [1.29, 1.82) is 0 Å².